The van der Waals surface area contributed by atoms with Crippen LogP contribution in [0.5, 0.6) is 0 Å². The summed E-state index contributed by atoms with van der Waals surface area (Å²) in [7, 11) is 3.37. The van der Waals surface area contributed by atoms with Crippen molar-refractivity contribution in [3.05, 3.63) is 70.6 Å². The van der Waals surface area contributed by atoms with Gasteiger partial charge in [-0.1, -0.05) is 30.3 Å². The third kappa shape index (κ3) is 4.57. The van der Waals surface area contributed by atoms with Crippen molar-refractivity contribution in [2.45, 2.75) is 57.8 Å². The average Bonchev–Trinajstić information content (AvgIpc) is 3.34. The number of rotatable bonds is 7. The number of primary amides is 1. The molecule has 2 unspecified atom stereocenters. The van der Waals surface area contributed by atoms with E-state index in [0.717, 1.165) is 37.9 Å². The number of halogens is 1. The number of aryl methyl sites for hydroxylation is 1. The minimum absolute atomic E-state index is 0.129. The lowest BCUT2D eigenvalue weighted by Gasteiger charge is -2.34. The van der Waals surface area contributed by atoms with E-state index in [-0.39, 0.29) is 28.7 Å². The van der Waals surface area contributed by atoms with Gasteiger partial charge in [0.2, 0.25) is 0 Å². The first-order valence-corrected chi connectivity index (χ1v) is 14.0. The molecule has 2 aromatic carbocycles. The zero-order valence-electron chi connectivity index (χ0n) is 23.1. The fourth-order valence-corrected chi connectivity index (χ4v) is 6.63. The van der Waals surface area contributed by atoms with Gasteiger partial charge in [0.1, 0.15) is 22.7 Å². The molecule has 2 aliphatic rings. The molecule has 0 aliphatic heterocycles. The Bertz CT molecular complexity index is 1620. The molecule has 2 aromatic heterocycles. The molecule has 40 heavy (non-hydrogen) atoms. The van der Waals surface area contributed by atoms with E-state index >= 15 is 4.39 Å². The lowest BCUT2D eigenvalue weighted by Crippen LogP contribution is -2.25. The molecule has 2 fully saturated rings. The Morgan fingerprint density at radius 3 is 2.62 bits per heavy atom. The van der Waals surface area contributed by atoms with Gasteiger partial charge in [0.25, 0.3) is 11.8 Å². The van der Waals surface area contributed by atoms with Crippen LogP contribution in [0.3, 0.4) is 0 Å². The molecule has 4 aromatic rings. The maximum atomic E-state index is 16.0. The van der Waals surface area contributed by atoms with Crippen LogP contribution >= 0.6 is 0 Å². The quantitative estimate of drug-likeness (QED) is 0.313. The number of aromatic amines is 1. The van der Waals surface area contributed by atoms with E-state index in [4.69, 9.17) is 15.2 Å². The van der Waals surface area contributed by atoms with Crippen molar-refractivity contribution in [3.8, 4) is 11.1 Å². The topological polar surface area (TPSA) is 118 Å². The minimum atomic E-state index is -0.501. The predicted molar refractivity (Wildman–Crippen MR) is 149 cm³/mol. The van der Waals surface area contributed by atoms with Gasteiger partial charge in [-0.05, 0) is 73.6 Å². The first-order valence-electron chi connectivity index (χ1n) is 14.0. The fourth-order valence-electron chi connectivity index (χ4n) is 6.63. The Labute approximate surface area is 232 Å². The molecule has 0 radical (unpaired) electrons. The number of H-pyrrole nitrogens is 1. The Hall–Kier alpha value is -4.01. The van der Waals surface area contributed by atoms with E-state index in [0.29, 0.717) is 52.1 Å². The number of nitrogens with two attached hydrogens (primary N) is 1. The third-order valence-corrected chi connectivity index (χ3v) is 8.72. The van der Waals surface area contributed by atoms with Crippen molar-refractivity contribution in [3.63, 3.8) is 0 Å². The molecule has 2 heterocycles. The van der Waals surface area contributed by atoms with E-state index in [2.05, 4.69) is 10.1 Å². The molecule has 2 aliphatic carbocycles. The number of hydrogen-bond donors (Lipinski definition) is 2. The fraction of sp³-hybridized carbons (Fsp3) is 0.419. The van der Waals surface area contributed by atoms with Crippen molar-refractivity contribution < 1.29 is 18.5 Å². The number of nitrogens with one attached hydrogen (secondary N) is 1. The van der Waals surface area contributed by atoms with Crippen molar-refractivity contribution in [2.75, 3.05) is 14.1 Å². The molecule has 8 nitrogen and oxygen atoms in total. The largest absolute Gasteiger partial charge is 0.365 e. The van der Waals surface area contributed by atoms with E-state index in [9.17, 15) is 9.59 Å². The third-order valence-electron chi connectivity index (χ3n) is 8.72. The van der Waals surface area contributed by atoms with Crippen LogP contribution in [0.25, 0.3) is 22.2 Å². The number of nitrogens with zero attached hydrogens (tertiary/aromatic N) is 3. The van der Waals surface area contributed by atoms with Crippen LogP contribution in [0.4, 0.5) is 4.39 Å². The summed E-state index contributed by atoms with van der Waals surface area (Å²) in [4.78, 5) is 34.6. The first-order chi connectivity index (χ1) is 19.2. The van der Waals surface area contributed by atoms with Gasteiger partial charge in [0.05, 0.1) is 11.2 Å². The van der Waals surface area contributed by atoms with Gasteiger partial charge in [-0.25, -0.2) is 9.37 Å². The van der Waals surface area contributed by atoms with Crippen molar-refractivity contribution in [1.82, 2.24) is 20.0 Å². The predicted octanol–water partition coefficient (Wildman–Crippen LogP) is 5.63. The van der Waals surface area contributed by atoms with Gasteiger partial charge in [0, 0.05) is 37.6 Å². The van der Waals surface area contributed by atoms with E-state index in [1.807, 2.05) is 13.0 Å². The Kier molecular flexibility index (Phi) is 6.47. The highest BCUT2D eigenvalue weighted by atomic mass is 19.1. The molecule has 6 rings (SSSR count). The summed E-state index contributed by atoms with van der Waals surface area (Å²) in [5.74, 6) is 0.627. The molecule has 208 valence electrons. The van der Waals surface area contributed by atoms with Crippen LogP contribution in [0.15, 0.2) is 40.9 Å². The zero-order chi connectivity index (χ0) is 28.2. The highest BCUT2D eigenvalue weighted by Crippen LogP contribution is 2.61. The van der Waals surface area contributed by atoms with Crippen LogP contribution in [-0.4, -0.2) is 45.9 Å². The molecule has 2 saturated carbocycles. The first kappa shape index (κ1) is 26.2. The standard InChI is InChI=1S/C31H34FN5O3/c1-4-22-25(28(33)38)24(40-36-22)14-17-13-18(16-31(15-17)11-12-31)29-34-23-10-9-20(26(32)27(23)35-29)19-7-5-6-8-21(19)30(39)37(2)3/h5-10,17-18H,4,11-16H2,1-3H3,(H2,33,38)(H,34,35). The van der Waals surface area contributed by atoms with Crippen LogP contribution in [0, 0.1) is 17.2 Å². The van der Waals surface area contributed by atoms with Crippen LogP contribution < -0.4 is 5.73 Å². The SMILES string of the molecule is CCc1noc(CC2CC(c3nc4c(F)c(-c5ccccc5C(=O)N(C)C)ccc4[nH]3)CC3(CC3)C2)c1C(N)=O. The molecular formula is C31H34FN5O3. The lowest BCUT2D eigenvalue weighted by atomic mass is 9.71. The number of imidazole rings is 1. The summed E-state index contributed by atoms with van der Waals surface area (Å²) in [5.41, 5.74) is 9.21. The summed E-state index contributed by atoms with van der Waals surface area (Å²) in [6, 6.07) is 10.6. The normalized spacial score (nSPS) is 19.7. The van der Waals surface area contributed by atoms with Gasteiger partial charge >= 0.3 is 0 Å². The highest BCUT2D eigenvalue weighted by molar-refractivity contribution is 6.01. The monoisotopic (exact) mass is 543 g/mol. The number of hydrogen-bond acceptors (Lipinski definition) is 5. The van der Waals surface area contributed by atoms with Crippen molar-refractivity contribution in [2.24, 2.45) is 17.1 Å². The number of aromatic nitrogens is 3. The van der Waals surface area contributed by atoms with Gasteiger partial charge in [0.15, 0.2) is 5.82 Å². The van der Waals surface area contributed by atoms with E-state index in [1.54, 1.807) is 44.4 Å². The zero-order valence-corrected chi connectivity index (χ0v) is 23.1. The summed E-state index contributed by atoms with van der Waals surface area (Å²) in [6.07, 6.45) is 6.40. The summed E-state index contributed by atoms with van der Waals surface area (Å²) < 4.78 is 21.6. The second kappa shape index (κ2) is 9.87. The van der Waals surface area contributed by atoms with Gasteiger partial charge in [-0.15, -0.1) is 0 Å². The van der Waals surface area contributed by atoms with E-state index < -0.39 is 11.7 Å². The van der Waals surface area contributed by atoms with Crippen molar-refractivity contribution in [1.29, 1.82) is 0 Å². The summed E-state index contributed by atoms with van der Waals surface area (Å²) in [5, 5.41) is 4.09. The number of carbonyl (C=O) groups is 2. The van der Waals surface area contributed by atoms with Crippen LogP contribution in [0.2, 0.25) is 0 Å². The number of amides is 2. The molecule has 0 bridgehead atoms. The average molecular weight is 544 g/mol. The maximum absolute atomic E-state index is 16.0. The molecular weight excluding hydrogens is 509 g/mol. The smallest absolute Gasteiger partial charge is 0.254 e. The van der Waals surface area contributed by atoms with Gasteiger partial charge < -0.3 is 20.1 Å². The summed E-state index contributed by atoms with van der Waals surface area (Å²) in [6.45, 7) is 1.93. The van der Waals surface area contributed by atoms with Crippen LogP contribution in [0.1, 0.15) is 82.9 Å². The van der Waals surface area contributed by atoms with Gasteiger partial charge in [-0.2, -0.15) is 0 Å². The highest BCUT2D eigenvalue weighted by Gasteiger charge is 2.50. The second-order valence-electron chi connectivity index (χ2n) is 11.7. The summed E-state index contributed by atoms with van der Waals surface area (Å²) >= 11 is 0. The molecule has 9 heteroatoms. The number of fused-ring (bicyclic) bond motifs is 1. The number of carbonyl (C=O) groups excluding carboxylic acids is 2. The minimum Gasteiger partial charge on any atom is -0.365 e. The molecule has 0 saturated heterocycles. The number of benzene rings is 2. The Morgan fingerprint density at radius 2 is 1.93 bits per heavy atom. The maximum Gasteiger partial charge on any atom is 0.254 e. The molecule has 3 N–H and O–H groups in total. The Balaban J connectivity index is 1.32. The van der Waals surface area contributed by atoms with E-state index in [1.165, 1.54) is 4.90 Å². The lowest BCUT2D eigenvalue weighted by molar-refractivity contribution is 0.0828. The molecule has 2 amide bonds. The molecule has 1 spiro atoms. The van der Waals surface area contributed by atoms with Gasteiger partial charge in [-0.3, -0.25) is 9.59 Å². The molecule has 2 atom stereocenters. The second-order valence-corrected chi connectivity index (χ2v) is 11.7. The Morgan fingerprint density at radius 1 is 1.15 bits per heavy atom. The van der Waals surface area contributed by atoms with Crippen LogP contribution in [-0.2, 0) is 12.8 Å². The van der Waals surface area contributed by atoms with Crippen molar-refractivity contribution >= 4 is 22.8 Å².